The van der Waals surface area contributed by atoms with Crippen LogP contribution in [0.1, 0.15) is 17.0 Å². The lowest BCUT2D eigenvalue weighted by molar-refractivity contribution is -0.136. The molecule has 1 N–H and O–H groups in total. The molecule has 0 radical (unpaired) electrons. The molecule has 25 heavy (non-hydrogen) atoms. The maximum atomic E-state index is 12.4. The highest BCUT2D eigenvalue weighted by Crippen LogP contribution is 2.47. The molecule has 0 fully saturated rings. The van der Waals surface area contributed by atoms with E-state index in [1.54, 1.807) is 11.8 Å². The lowest BCUT2D eigenvalue weighted by atomic mass is 9.81. The minimum atomic E-state index is -0.259. The number of carbonyl (C=O) groups is 1. The van der Waals surface area contributed by atoms with Crippen LogP contribution < -0.4 is 14.8 Å². The van der Waals surface area contributed by atoms with Crippen LogP contribution in [0.25, 0.3) is 0 Å². The number of ether oxygens (including phenoxy) is 3. The average molecular weight is 353 g/mol. The molecule has 2 aromatic rings. The van der Waals surface area contributed by atoms with Crippen LogP contribution in [0.4, 0.5) is 5.69 Å². The van der Waals surface area contributed by atoms with E-state index in [0.29, 0.717) is 11.3 Å². The number of benzene rings is 2. The third-order valence-corrected chi connectivity index (χ3v) is 5.49. The maximum Gasteiger partial charge on any atom is 0.337 e. The van der Waals surface area contributed by atoms with Gasteiger partial charge in [-0.15, -0.1) is 11.8 Å². The number of anilines is 1. The minimum Gasteiger partial charge on any atom is -0.456 e. The molecule has 2 aromatic carbocycles. The highest BCUT2D eigenvalue weighted by Gasteiger charge is 2.38. The van der Waals surface area contributed by atoms with Gasteiger partial charge >= 0.3 is 5.97 Å². The first-order valence-electron chi connectivity index (χ1n) is 7.99. The molecule has 0 aliphatic carbocycles. The fourth-order valence-corrected chi connectivity index (χ4v) is 4.03. The molecule has 0 aromatic heterocycles. The highest BCUT2D eigenvalue weighted by molar-refractivity contribution is 7.98. The van der Waals surface area contributed by atoms with Crippen molar-refractivity contribution in [1.82, 2.24) is 0 Å². The number of thioether (sulfide) groups is 1. The van der Waals surface area contributed by atoms with Crippen LogP contribution in [0.3, 0.4) is 0 Å². The summed E-state index contributed by atoms with van der Waals surface area (Å²) in [4.78, 5) is 13.6. The zero-order chi connectivity index (χ0) is 17.0. The van der Waals surface area contributed by atoms with Gasteiger partial charge in [-0.25, -0.2) is 4.79 Å². The van der Waals surface area contributed by atoms with Gasteiger partial charge in [0, 0.05) is 16.5 Å². The lowest BCUT2D eigenvalue weighted by Gasteiger charge is -2.27. The van der Waals surface area contributed by atoms with Crippen molar-refractivity contribution in [3.63, 3.8) is 0 Å². The van der Waals surface area contributed by atoms with Crippen molar-refractivity contribution in [1.29, 1.82) is 0 Å². The largest absolute Gasteiger partial charge is 0.456 e. The summed E-state index contributed by atoms with van der Waals surface area (Å²) >= 11 is 1.69. The van der Waals surface area contributed by atoms with Gasteiger partial charge in [-0.05, 0) is 41.6 Å². The standard InChI is InChI=1S/C19H15NO4S/c1-25-11-3-4-12-13(7-11)20-14-8-22-19(21)18(14)17(12)10-2-5-15-16(6-10)24-9-23-15/h2-7,17,20H,8-9H2,1H3/t17-/m1/s1. The topological polar surface area (TPSA) is 56.8 Å². The zero-order valence-corrected chi connectivity index (χ0v) is 14.3. The van der Waals surface area contributed by atoms with Crippen LogP contribution in [0, 0.1) is 0 Å². The van der Waals surface area contributed by atoms with E-state index < -0.39 is 0 Å². The van der Waals surface area contributed by atoms with Gasteiger partial charge in [0.25, 0.3) is 0 Å². The molecule has 0 amide bonds. The Bertz CT molecular complexity index is 937. The van der Waals surface area contributed by atoms with Gasteiger partial charge < -0.3 is 19.5 Å². The number of rotatable bonds is 2. The Morgan fingerprint density at radius 2 is 1.96 bits per heavy atom. The van der Waals surface area contributed by atoms with E-state index >= 15 is 0 Å². The van der Waals surface area contributed by atoms with Crippen molar-refractivity contribution >= 4 is 23.4 Å². The summed E-state index contributed by atoms with van der Waals surface area (Å²) in [6.07, 6.45) is 2.05. The summed E-state index contributed by atoms with van der Waals surface area (Å²) < 4.78 is 16.2. The number of hydrogen-bond donors (Lipinski definition) is 1. The minimum absolute atomic E-state index is 0.174. The lowest BCUT2D eigenvalue weighted by Crippen LogP contribution is -2.19. The fraction of sp³-hybridized carbons (Fsp3) is 0.211. The Balaban J connectivity index is 1.69. The zero-order valence-electron chi connectivity index (χ0n) is 13.5. The van der Waals surface area contributed by atoms with Crippen molar-refractivity contribution in [3.05, 3.63) is 58.8 Å². The predicted molar refractivity (Wildman–Crippen MR) is 94.2 cm³/mol. The molecular formula is C19H15NO4S. The molecule has 3 heterocycles. The summed E-state index contributed by atoms with van der Waals surface area (Å²) in [5, 5.41) is 3.38. The Hall–Kier alpha value is -2.60. The maximum absolute atomic E-state index is 12.4. The Morgan fingerprint density at radius 3 is 2.84 bits per heavy atom. The van der Waals surface area contributed by atoms with E-state index in [9.17, 15) is 4.79 Å². The predicted octanol–water partition coefficient (Wildman–Crippen LogP) is 3.51. The SMILES string of the molecule is CSc1ccc2c(c1)NC1=C(C(=O)OC1)[C@@H]2c1ccc2c(c1)OCO2. The van der Waals surface area contributed by atoms with Gasteiger partial charge in [-0.3, -0.25) is 0 Å². The third-order valence-electron chi connectivity index (χ3n) is 4.77. The Morgan fingerprint density at radius 1 is 1.08 bits per heavy atom. The summed E-state index contributed by atoms with van der Waals surface area (Å²) in [6.45, 7) is 0.521. The number of cyclic esters (lactones) is 1. The second kappa shape index (κ2) is 5.46. The van der Waals surface area contributed by atoms with Crippen LogP contribution >= 0.6 is 11.8 Å². The van der Waals surface area contributed by atoms with Gasteiger partial charge in [-0.2, -0.15) is 0 Å². The smallest absolute Gasteiger partial charge is 0.337 e. The molecule has 0 bridgehead atoms. The van der Waals surface area contributed by atoms with E-state index in [4.69, 9.17) is 14.2 Å². The van der Waals surface area contributed by atoms with Crippen molar-refractivity contribution in [2.75, 3.05) is 25.0 Å². The molecule has 126 valence electrons. The molecule has 0 saturated carbocycles. The molecule has 1 atom stereocenters. The molecule has 0 unspecified atom stereocenters. The number of hydrogen-bond acceptors (Lipinski definition) is 6. The normalized spacial score (nSPS) is 20.0. The molecule has 3 aliphatic heterocycles. The van der Waals surface area contributed by atoms with Gasteiger partial charge in [0.15, 0.2) is 11.5 Å². The summed E-state index contributed by atoms with van der Waals surface area (Å²) in [5.74, 6) is 1.02. The monoisotopic (exact) mass is 353 g/mol. The number of nitrogens with one attached hydrogen (secondary N) is 1. The van der Waals surface area contributed by atoms with Crippen molar-refractivity contribution in [2.24, 2.45) is 0 Å². The first-order chi connectivity index (χ1) is 12.2. The second-order valence-corrected chi connectivity index (χ2v) is 6.97. The molecule has 5 nitrogen and oxygen atoms in total. The van der Waals surface area contributed by atoms with Crippen LogP contribution in [-0.4, -0.2) is 25.6 Å². The van der Waals surface area contributed by atoms with E-state index in [1.807, 2.05) is 24.5 Å². The van der Waals surface area contributed by atoms with Crippen LogP contribution in [0.2, 0.25) is 0 Å². The van der Waals surface area contributed by atoms with E-state index in [1.165, 1.54) is 4.90 Å². The van der Waals surface area contributed by atoms with Gasteiger partial charge in [0.05, 0.1) is 11.3 Å². The molecule has 0 spiro atoms. The van der Waals surface area contributed by atoms with Crippen molar-refractivity contribution < 1.29 is 19.0 Å². The number of esters is 1. The van der Waals surface area contributed by atoms with Crippen molar-refractivity contribution in [2.45, 2.75) is 10.8 Å². The molecule has 6 heteroatoms. The van der Waals surface area contributed by atoms with Crippen LogP contribution in [0.5, 0.6) is 11.5 Å². The quantitative estimate of drug-likeness (QED) is 0.659. The third kappa shape index (κ3) is 2.21. The number of carbonyl (C=O) groups excluding carboxylic acids is 1. The highest BCUT2D eigenvalue weighted by atomic mass is 32.2. The fourth-order valence-electron chi connectivity index (χ4n) is 3.59. The molecule has 3 aliphatic rings. The van der Waals surface area contributed by atoms with E-state index in [2.05, 4.69) is 23.5 Å². The molecule has 0 saturated heterocycles. The molecular weight excluding hydrogens is 338 g/mol. The van der Waals surface area contributed by atoms with Crippen molar-refractivity contribution in [3.8, 4) is 11.5 Å². The average Bonchev–Trinajstić information content (AvgIpc) is 3.25. The Kier molecular flexibility index (Phi) is 3.21. The first-order valence-corrected chi connectivity index (χ1v) is 9.22. The summed E-state index contributed by atoms with van der Waals surface area (Å²) in [6, 6.07) is 12.1. The van der Waals surface area contributed by atoms with E-state index in [-0.39, 0.29) is 25.3 Å². The molecule has 5 rings (SSSR count). The van der Waals surface area contributed by atoms with Gasteiger partial charge in [-0.1, -0.05) is 12.1 Å². The number of fused-ring (bicyclic) bond motifs is 2. The van der Waals surface area contributed by atoms with E-state index in [0.717, 1.165) is 28.3 Å². The van der Waals surface area contributed by atoms with Crippen LogP contribution in [0.15, 0.2) is 52.6 Å². The van der Waals surface area contributed by atoms with Gasteiger partial charge in [0.1, 0.15) is 6.61 Å². The second-order valence-electron chi connectivity index (χ2n) is 6.09. The van der Waals surface area contributed by atoms with Crippen LogP contribution in [-0.2, 0) is 9.53 Å². The summed E-state index contributed by atoms with van der Waals surface area (Å²) in [5.41, 5.74) is 4.61. The Labute approximate surface area is 149 Å². The summed E-state index contributed by atoms with van der Waals surface area (Å²) in [7, 11) is 0. The first kappa shape index (κ1) is 14.7. The van der Waals surface area contributed by atoms with Gasteiger partial charge in [0.2, 0.25) is 6.79 Å².